The van der Waals surface area contributed by atoms with Gasteiger partial charge in [0.05, 0.1) is 24.7 Å². The summed E-state index contributed by atoms with van der Waals surface area (Å²) in [6, 6.07) is 12.2. The number of amides is 2. The molecule has 180 valence electrons. The van der Waals surface area contributed by atoms with Crippen LogP contribution < -0.4 is 10.6 Å². The lowest BCUT2D eigenvalue weighted by atomic mass is 10.1. The Hall–Kier alpha value is -2.85. The number of halogens is 1. The van der Waals surface area contributed by atoms with Crippen LogP contribution in [0.25, 0.3) is 10.1 Å². The van der Waals surface area contributed by atoms with Gasteiger partial charge in [-0.2, -0.15) is 0 Å². The molecule has 1 aliphatic heterocycles. The average molecular weight is 486 g/mol. The van der Waals surface area contributed by atoms with Crippen LogP contribution in [0.3, 0.4) is 0 Å². The maximum Gasteiger partial charge on any atom is 0.262 e. The van der Waals surface area contributed by atoms with Crippen molar-refractivity contribution < 1.29 is 23.5 Å². The fraction of sp³-hybridized carbons (Fsp3) is 0.360. The van der Waals surface area contributed by atoms with E-state index in [2.05, 4.69) is 15.5 Å². The van der Waals surface area contributed by atoms with Crippen molar-refractivity contribution in [3.63, 3.8) is 0 Å². The molecule has 1 fully saturated rings. The van der Waals surface area contributed by atoms with Crippen LogP contribution in [0.5, 0.6) is 0 Å². The van der Waals surface area contributed by atoms with Crippen LogP contribution in [0.15, 0.2) is 42.5 Å². The Morgan fingerprint density at radius 3 is 2.76 bits per heavy atom. The molecule has 0 saturated carbocycles. The molecule has 9 heteroatoms. The van der Waals surface area contributed by atoms with Gasteiger partial charge in [0, 0.05) is 61.0 Å². The van der Waals surface area contributed by atoms with Gasteiger partial charge in [0.25, 0.3) is 5.91 Å². The minimum Gasteiger partial charge on any atom is -0.380 e. The maximum atomic E-state index is 14.4. The van der Waals surface area contributed by atoms with Crippen molar-refractivity contribution >= 4 is 38.9 Å². The first-order chi connectivity index (χ1) is 16.5. The summed E-state index contributed by atoms with van der Waals surface area (Å²) >= 11 is 1.25. The fourth-order valence-electron chi connectivity index (χ4n) is 3.96. The largest absolute Gasteiger partial charge is 0.380 e. The molecule has 4 rings (SSSR count). The molecule has 0 spiro atoms. The van der Waals surface area contributed by atoms with E-state index >= 15 is 0 Å². The average Bonchev–Trinajstić information content (AvgIpc) is 3.22. The number of hydrogen-bond donors (Lipinski definition) is 2. The van der Waals surface area contributed by atoms with Crippen molar-refractivity contribution in [3.8, 4) is 0 Å². The lowest BCUT2D eigenvalue weighted by molar-refractivity contribution is -0.116. The van der Waals surface area contributed by atoms with E-state index in [9.17, 15) is 14.0 Å². The zero-order valence-electron chi connectivity index (χ0n) is 19.1. The number of nitrogens with one attached hydrogen (secondary N) is 2. The number of anilines is 1. The smallest absolute Gasteiger partial charge is 0.262 e. The second-order valence-corrected chi connectivity index (χ2v) is 9.14. The van der Waals surface area contributed by atoms with Crippen LogP contribution in [-0.4, -0.2) is 56.7 Å². The van der Waals surface area contributed by atoms with Crippen molar-refractivity contribution in [2.45, 2.75) is 19.6 Å². The summed E-state index contributed by atoms with van der Waals surface area (Å²) in [5.74, 6) is -0.700. The minimum atomic E-state index is -0.364. The molecule has 1 saturated heterocycles. The number of methoxy groups -OCH3 is 1. The molecule has 2 N–H and O–H groups in total. The molecule has 0 aliphatic carbocycles. The first-order valence-electron chi connectivity index (χ1n) is 11.2. The lowest BCUT2D eigenvalue weighted by Crippen LogP contribution is -2.38. The number of hydrogen-bond acceptors (Lipinski definition) is 6. The van der Waals surface area contributed by atoms with E-state index in [0.29, 0.717) is 52.4 Å². The molecule has 2 aromatic carbocycles. The molecule has 0 radical (unpaired) electrons. The molecular weight excluding hydrogens is 457 g/mol. The Morgan fingerprint density at radius 2 is 1.97 bits per heavy atom. The second-order valence-electron chi connectivity index (χ2n) is 8.09. The fourth-order valence-corrected chi connectivity index (χ4v) is 5.10. The number of ether oxygens (including phenoxy) is 2. The second kappa shape index (κ2) is 11.5. The SMILES string of the molecule is COCc1c(C(=O)NCc2cccc(NC(=O)CCN3CCOCC3)c2)sc2cccc(F)c12. The van der Waals surface area contributed by atoms with Gasteiger partial charge in [0.1, 0.15) is 5.82 Å². The number of benzene rings is 2. The van der Waals surface area contributed by atoms with Gasteiger partial charge in [0.15, 0.2) is 0 Å². The van der Waals surface area contributed by atoms with E-state index in [-0.39, 0.29) is 30.8 Å². The van der Waals surface area contributed by atoms with Crippen LogP contribution in [-0.2, 0) is 27.4 Å². The van der Waals surface area contributed by atoms with Crippen molar-refractivity contribution in [1.82, 2.24) is 10.2 Å². The number of nitrogens with zero attached hydrogens (tertiary/aromatic N) is 1. The minimum absolute atomic E-state index is 0.0517. The molecule has 34 heavy (non-hydrogen) atoms. The van der Waals surface area contributed by atoms with Gasteiger partial charge >= 0.3 is 0 Å². The highest BCUT2D eigenvalue weighted by atomic mass is 32.1. The Morgan fingerprint density at radius 1 is 1.18 bits per heavy atom. The summed E-state index contributed by atoms with van der Waals surface area (Å²) in [7, 11) is 1.52. The molecule has 0 atom stereocenters. The normalized spacial score (nSPS) is 14.3. The summed E-state index contributed by atoms with van der Waals surface area (Å²) in [5.41, 5.74) is 2.09. The van der Waals surface area contributed by atoms with Gasteiger partial charge in [-0.3, -0.25) is 14.5 Å². The quantitative estimate of drug-likeness (QED) is 0.482. The Bertz CT molecular complexity index is 1160. The number of rotatable bonds is 9. The Kier molecular flexibility index (Phi) is 8.23. The maximum absolute atomic E-state index is 14.4. The monoisotopic (exact) mass is 485 g/mol. The van der Waals surface area contributed by atoms with Crippen LogP contribution in [0.2, 0.25) is 0 Å². The Balaban J connectivity index is 1.36. The highest BCUT2D eigenvalue weighted by Gasteiger charge is 2.20. The molecule has 1 aromatic heterocycles. The predicted molar refractivity (Wildman–Crippen MR) is 131 cm³/mol. The molecule has 1 aliphatic rings. The third-order valence-electron chi connectivity index (χ3n) is 5.68. The highest BCUT2D eigenvalue weighted by Crippen LogP contribution is 2.33. The summed E-state index contributed by atoms with van der Waals surface area (Å²) in [5, 5.41) is 6.26. The number of carbonyl (C=O) groups excluding carboxylic acids is 2. The van der Waals surface area contributed by atoms with Crippen LogP contribution in [0.4, 0.5) is 10.1 Å². The first kappa shape index (κ1) is 24.3. The van der Waals surface area contributed by atoms with E-state index in [1.807, 2.05) is 24.3 Å². The first-order valence-corrected chi connectivity index (χ1v) is 12.0. The third-order valence-corrected chi connectivity index (χ3v) is 6.88. The van der Waals surface area contributed by atoms with Crippen molar-refractivity contribution in [1.29, 1.82) is 0 Å². The van der Waals surface area contributed by atoms with Crippen molar-refractivity contribution in [2.75, 3.05) is 45.3 Å². The molecule has 2 amide bonds. The summed E-state index contributed by atoms with van der Waals surface area (Å²) < 4.78 is 25.6. The Labute approximate surface area is 201 Å². The van der Waals surface area contributed by atoms with Gasteiger partial charge in [-0.05, 0) is 29.8 Å². The van der Waals surface area contributed by atoms with Gasteiger partial charge in [-0.15, -0.1) is 11.3 Å². The van der Waals surface area contributed by atoms with E-state index in [1.54, 1.807) is 12.1 Å². The standard InChI is InChI=1S/C25H28FN3O4S/c1-32-16-19-23-20(26)6-3-7-21(23)34-24(19)25(31)27-15-17-4-2-5-18(14-17)28-22(30)8-9-29-10-12-33-13-11-29/h2-7,14H,8-13,15-16H2,1H3,(H,27,31)(H,28,30). The van der Waals surface area contributed by atoms with E-state index in [0.717, 1.165) is 18.7 Å². The third kappa shape index (κ3) is 5.98. The zero-order valence-corrected chi connectivity index (χ0v) is 19.9. The van der Waals surface area contributed by atoms with E-state index < -0.39 is 0 Å². The summed E-state index contributed by atoms with van der Waals surface area (Å²) in [6.45, 7) is 4.24. The molecule has 0 unspecified atom stereocenters. The number of thiophene rings is 1. The molecule has 2 heterocycles. The molecule has 3 aromatic rings. The molecular formula is C25H28FN3O4S. The lowest BCUT2D eigenvalue weighted by Gasteiger charge is -2.26. The van der Waals surface area contributed by atoms with Crippen LogP contribution in [0.1, 0.15) is 27.2 Å². The van der Waals surface area contributed by atoms with Gasteiger partial charge in [0.2, 0.25) is 5.91 Å². The van der Waals surface area contributed by atoms with Gasteiger partial charge < -0.3 is 20.1 Å². The highest BCUT2D eigenvalue weighted by molar-refractivity contribution is 7.21. The molecule has 0 bridgehead atoms. The van der Waals surface area contributed by atoms with E-state index in [1.165, 1.54) is 24.5 Å². The summed E-state index contributed by atoms with van der Waals surface area (Å²) in [6.07, 6.45) is 0.408. The molecule has 7 nitrogen and oxygen atoms in total. The predicted octanol–water partition coefficient (Wildman–Crippen LogP) is 3.78. The van der Waals surface area contributed by atoms with Crippen LogP contribution >= 0.6 is 11.3 Å². The summed E-state index contributed by atoms with van der Waals surface area (Å²) in [4.78, 5) is 27.9. The van der Waals surface area contributed by atoms with Gasteiger partial charge in [-0.1, -0.05) is 18.2 Å². The number of carbonyl (C=O) groups is 2. The van der Waals surface area contributed by atoms with Crippen molar-refractivity contribution in [3.05, 3.63) is 64.3 Å². The van der Waals surface area contributed by atoms with E-state index in [4.69, 9.17) is 9.47 Å². The number of fused-ring (bicyclic) bond motifs is 1. The van der Waals surface area contributed by atoms with Crippen LogP contribution in [0, 0.1) is 5.82 Å². The number of morpholine rings is 1. The van der Waals surface area contributed by atoms with Gasteiger partial charge in [-0.25, -0.2) is 4.39 Å². The topological polar surface area (TPSA) is 79.9 Å². The zero-order chi connectivity index (χ0) is 23.9. The van der Waals surface area contributed by atoms with Crippen molar-refractivity contribution in [2.24, 2.45) is 0 Å².